The highest BCUT2D eigenvalue weighted by atomic mass is 79.9. The number of rotatable bonds is 5. The van der Waals surface area contributed by atoms with Gasteiger partial charge in [-0.25, -0.2) is 0 Å². The molecule has 1 heterocycles. The maximum absolute atomic E-state index is 8.88. The van der Waals surface area contributed by atoms with Crippen molar-refractivity contribution in [3.05, 3.63) is 50.6 Å². The van der Waals surface area contributed by atoms with E-state index in [0.717, 1.165) is 28.7 Å². The van der Waals surface area contributed by atoms with E-state index in [0.29, 0.717) is 0 Å². The van der Waals surface area contributed by atoms with Crippen molar-refractivity contribution in [2.24, 2.45) is 10.9 Å². The normalized spacial score (nSPS) is 11.6. The highest BCUT2D eigenvalue weighted by Gasteiger charge is 2.12. The second-order valence-electron chi connectivity index (χ2n) is 4.40. The number of amidine groups is 1. The molecule has 0 aliphatic rings. The Balaban J connectivity index is 2.19. The van der Waals surface area contributed by atoms with Gasteiger partial charge in [0.2, 0.25) is 0 Å². The zero-order chi connectivity index (χ0) is 14.5. The highest BCUT2D eigenvalue weighted by Crippen LogP contribution is 2.25. The molecule has 0 unspecified atom stereocenters. The van der Waals surface area contributed by atoms with Crippen LogP contribution in [0.4, 0.5) is 5.69 Å². The molecule has 2 aromatic rings. The van der Waals surface area contributed by atoms with E-state index in [1.54, 1.807) is 11.3 Å². The first kappa shape index (κ1) is 14.9. The molecule has 0 spiro atoms. The van der Waals surface area contributed by atoms with Gasteiger partial charge >= 0.3 is 0 Å². The van der Waals surface area contributed by atoms with E-state index in [2.05, 4.69) is 43.5 Å². The second kappa shape index (κ2) is 6.76. The van der Waals surface area contributed by atoms with Crippen molar-refractivity contribution >= 4 is 38.8 Å². The average molecular weight is 354 g/mol. The van der Waals surface area contributed by atoms with Crippen molar-refractivity contribution in [2.75, 3.05) is 18.5 Å². The van der Waals surface area contributed by atoms with Gasteiger partial charge in [-0.15, -0.1) is 11.3 Å². The zero-order valence-corrected chi connectivity index (χ0v) is 13.5. The third-order valence-electron chi connectivity index (χ3n) is 3.03. The zero-order valence-electron chi connectivity index (χ0n) is 11.1. The lowest BCUT2D eigenvalue weighted by Gasteiger charge is -2.22. The number of nitrogens with two attached hydrogens (primary N) is 1. The van der Waals surface area contributed by atoms with E-state index in [4.69, 9.17) is 10.9 Å². The minimum absolute atomic E-state index is 0.121. The van der Waals surface area contributed by atoms with Crippen molar-refractivity contribution < 1.29 is 5.21 Å². The standard InChI is InChI=1S/C14H16BrN3OS/c1-18(7-6-11-3-2-8-20-11)13-9-10(15)4-5-12(13)14(16)17-19/h2-5,8-9,19H,6-7H2,1H3,(H2,16,17). The molecule has 0 amide bonds. The van der Waals surface area contributed by atoms with Gasteiger partial charge in [0.15, 0.2) is 5.84 Å². The molecule has 0 aliphatic heterocycles. The van der Waals surface area contributed by atoms with E-state index in [1.807, 2.05) is 25.2 Å². The molecular formula is C14H16BrN3OS. The molecule has 4 nitrogen and oxygen atoms in total. The number of oxime groups is 1. The van der Waals surface area contributed by atoms with Gasteiger partial charge < -0.3 is 15.8 Å². The van der Waals surface area contributed by atoms with Crippen molar-refractivity contribution in [2.45, 2.75) is 6.42 Å². The van der Waals surface area contributed by atoms with Crippen LogP contribution in [0.5, 0.6) is 0 Å². The Morgan fingerprint density at radius 3 is 2.90 bits per heavy atom. The molecule has 0 saturated heterocycles. The van der Waals surface area contributed by atoms with E-state index < -0.39 is 0 Å². The Morgan fingerprint density at radius 1 is 1.45 bits per heavy atom. The SMILES string of the molecule is CN(CCc1cccs1)c1cc(Br)ccc1/C(N)=N/O. The van der Waals surface area contributed by atoms with Crippen LogP contribution in [0, 0.1) is 0 Å². The Hall–Kier alpha value is -1.53. The molecule has 3 N–H and O–H groups in total. The van der Waals surface area contributed by atoms with Gasteiger partial charge in [-0.2, -0.15) is 0 Å². The fourth-order valence-corrected chi connectivity index (χ4v) is 2.99. The first-order valence-corrected chi connectivity index (χ1v) is 7.80. The predicted octanol–water partition coefficient (Wildman–Crippen LogP) is 3.28. The third kappa shape index (κ3) is 3.52. The van der Waals surface area contributed by atoms with Crippen LogP contribution in [-0.2, 0) is 6.42 Å². The topological polar surface area (TPSA) is 61.8 Å². The van der Waals surface area contributed by atoms with Crippen molar-refractivity contribution in [1.29, 1.82) is 0 Å². The maximum atomic E-state index is 8.88. The van der Waals surface area contributed by atoms with Gasteiger partial charge in [0.05, 0.1) is 0 Å². The van der Waals surface area contributed by atoms with Gasteiger partial charge in [0.1, 0.15) is 0 Å². The van der Waals surface area contributed by atoms with Crippen LogP contribution >= 0.6 is 27.3 Å². The Morgan fingerprint density at radius 2 is 2.25 bits per heavy atom. The summed E-state index contributed by atoms with van der Waals surface area (Å²) in [6, 6.07) is 9.88. The summed E-state index contributed by atoms with van der Waals surface area (Å²) in [7, 11) is 2.00. The lowest BCUT2D eigenvalue weighted by atomic mass is 10.1. The Kier molecular flexibility index (Phi) is 5.03. The lowest BCUT2D eigenvalue weighted by Crippen LogP contribution is -2.24. The number of likely N-dealkylation sites (N-methyl/N-ethyl adjacent to an activating group) is 1. The lowest BCUT2D eigenvalue weighted by molar-refractivity contribution is 0.318. The van der Waals surface area contributed by atoms with Crippen LogP contribution < -0.4 is 10.6 Å². The highest BCUT2D eigenvalue weighted by molar-refractivity contribution is 9.10. The van der Waals surface area contributed by atoms with Crippen molar-refractivity contribution in [3.8, 4) is 0 Å². The largest absolute Gasteiger partial charge is 0.409 e. The predicted molar refractivity (Wildman–Crippen MR) is 87.9 cm³/mol. The number of thiophene rings is 1. The molecular weight excluding hydrogens is 338 g/mol. The maximum Gasteiger partial charge on any atom is 0.172 e. The number of halogens is 1. The Labute approximate surface area is 130 Å². The second-order valence-corrected chi connectivity index (χ2v) is 6.35. The molecule has 1 aromatic heterocycles. The van der Waals surface area contributed by atoms with Gasteiger partial charge in [-0.3, -0.25) is 0 Å². The summed E-state index contributed by atoms with van der Waals surface area (Å²) >= 11 is 5.21. The van der Waals surface area contributed by atoms with E-state index in [-0.39, 0.29) is 5.84 Å². The van der Waals surface area contributed by atoms with Crippen molar-refractivity contribution in [3.63, 3.8) is 0 Å². The summed E-state index contributed by atoms with van der Waals surface area (Å²) < 4.78 is 0.963. The fraction of sp³-hybridized carbons (Fsp3) is 0.214. The molecule has 0 aliphatic carbocycles. The van der Waals surface area contributed by atoms with Gasteiger partial charge in [0.25, 0.3) is 0 Å². The van der Waals surface area contributed by atoms with Crippen LogP contribution in [0.25, 0.3) is 0 Å². The van der Waals surface area contributed by atoms with Crippen LogP contribution in [0.3, 0.4) is 0 Å². The first-order chi connectivity index (χ1) is 9.61. The molecule has 0 radical (unpaired) electrons. The molecule has 2 rings (SSSR count). The summed E-state index contributed by atoms with van der Waals surface area (Å²) in [5, 5.41) is 14.1. The van der Waals surface area contributed by atoms with Gasteiger partial charge in [-0.05, 0) is 36.1 Å². The average Bonchev–Trinajstić information content (AvgIpc) is 2.97. The minimum atomic E-state index is 0.121. The fourth-order valence-electron chi connectivity index (χ4n) is 1.94. The monoisotopic (exact) mass is 353 g/mol. The molecule has 0 fully saturated rings. The quantitative estimate of drug-likeness (QED) is 0.375. The number of nitrogens with zero attached hydrogens (tertiary/aromatic N) is 2. The minimum Gasteiger partial charge on any atom is -0.409 e. The molecule has 1 aromatic carbocycles. The van der Waals surface area contributed by atoms with E-state index >= 15 is 0 Å². The molecule has 0 atom stereocenters. The van der Waals surface area contributed by atoms with Gasteiger partial charge in [-0.1, -0.05) is 27.2 Å². The number of hydrogen-bond acceptors (Lipinski definition) is 4. The number of benzene rings is 1. The summed E-state index contributed by atoms with van der Waals surface area (Å²) in [5.41, 5.74) is 7.40. The molecule has 0 saturated carbocycles. The summed E-state index contributed by atoms with van der Waals surface area (Å²) in [5.74, 6) is 0.121. The summed E-state index contributed by atoms with van der Waals surface area (Å²) in [6.45, 7) is 0.864. The molecule has 20 heavy (non-hydrogen) atoms. The number of hydrogen-bond donors (Lipinski definition) is 2. The summed E-state index contributed by atoms with van der Waals surface area (Å²) in [4.78, 5) is 3.45. The van der Waals surface area contributed by atoms with Crippen LogP contribution in [0.2, 0.25) is 0 Å². The smallest absolute Gasteiger partial charge is 0.172 e. The Bertz CT molecular complexity index is 598. The molecule has 106 valence electrons. The van der Waals surface area contributed by atoms with E-state index in [1.165, 1.54) is 4.88 Å². The van der Waals surface area contributed by atoms with Crippen LogP contribution in [0.15, 0.2) is 45.3 Å². The number of anilines is 1. The molecule has 6 heteroatoms. The third-order valence-corrected chi connectivity index (χ3v) is 4.46. The van der Waals surface area contributed by atoms with Crippen LogP contribution in [-0.4, -0.2) is 24.6 Å². The van der Waals surface area contributed by atoms with Gasteiger partial charge in [0, 0.05) is 34.2 Å². The molecule has 0 bridgehead atoms. The van der Waals surface area contributed by atoms with E-state index in [9.17, 15) is 0 Å². The summed E-state index contributed by atoms with van der Waals surface area (Å²) in [6.07, 6.45) is 0.969. The van der Waals surface area contributed by atoms with Crippen molar-refractivity contribution in [1.82, 2.24) is 0 Å². The van der Waals surface area contributed by atoms with Crippen LogP contribution in [0.1, 0.15) is 10.4 Å². The first-order valence-electron chi connectivity index (χ1n) is 6.13.